The molecule has 1 heterocycles. The summed E-state index contributed by atoms with van der Waals surface area (Å²) in [5.41, 5.74) is 6.65. The monoisotopic (exact) mass is 185 g/mol. The molecule has 0 spiro atoms. The van der Waals surface area contributed by atoms with Crippen molar-refractivity contribution >= 4 is 11.8 Å². The van der Waals surface area contributed by atoms with E-state index in [1.165, 1.54) is 0 Å². The number of amides is 2. The largest absolute Gasteiger partial charge is 0.378 e. The molecule has 5 heteroatoms. The van der Waals surface area contributed by atoms with E-state index in [1.54, 1.807) is 4.90 Å². The van der Waals surface area contributed by atoms with Crippen molar-refractivity contribution in [2.45, 2.75) is 12.8 Å². The summed E-state index contributed by atoms with van der Waals surface area (Å²) in [7, 11) is 0. The van der Waals surface area contributed by atoms with Gasteiger partial charge >= 0.3 is 0 Å². The average molecular weight is 185 g/mol. The lowest BCUT2D eigenvalue weighted by atomic mass is 10.2. The van der Waals surface area contributed by atoms with E-state index in [9.17, 15) is 9.59 Å². The van der Waals surface area contributed by atoms with Gasteiger partial charge in [-0.25, -0.2) is 0 Å². The van der Waals surface area contributed by atoms with Gasteiger partial charge in [-0.05, 0) is 0 Å². The van der Waals surface area contributed by atoms with Crippen LogP contribution in [0, 0.1) is 0 Å². The van der Waals surface area contributed by atoms with Gasteiger partial charge in [-0.15, -0.1) is 0 Å². The third-order valence-electron chi connectivity index (χ3n) is 1.93. The molecule has 73 valence electrons. The maximum Gasteiger partial charge on any atom is 0.238 e. The van der Waals surface area contributed by atoms with Crippen LogP contribution in [-0.4, -0.2) is 43.0 Å². The van der Waals surface area contributed by atoms with Gasteiger partial charge in [0.2, 0.25) is 11.8 Å². The van der Waals surface area contributed by atoms with Crippen LogP contribution in [0.3, 0.4) is 0 Å². The highest BCUT2D eigenvalue weighted by Gasteiger charge is 2.16. The molecular weight excluding hydrogens is 172 g/mol. The summed E-state index contributed by atoms with van der Waals surface area (Å²) in [6, 6.07) is 0. The first-order valence-corrected chi connectivity index (χ1v) is 4.30. The van der Waals surface area contributed by atoms with Crippen LogP contribution < -0.4 is 5.73 Å². The minimum Gasteiger partial charge on any atom is -0.378 e. The van der Waals surface area contributed by atoms with Crippen molar-refractivity contribution in [2.75, 3.05) is 26.3 Å². The Morgan fingerprint density at radius 1 is 1.23 bits per heavy atom. The van der Waals surface area contributed by atoms with Gasteiger partial charge in [0.15, 0.2) is 0 Å². The van der Waals surface area contributed by atoms with Gasteiger partial charge in [-0.1, -0.05) is 0 Å². The van der Waals surface area contributed by atoms with Crippen LogP contribution in [-0.2, 0) is 14.3 Å². The Hall–Kier alpha value is -1.10. The summed E-state index contributed by atoms with van der Waals surface area (Å²) < 4.78 is 5.08. The standard InChI is InChI=1S/C8H13N2O3/c9-7(11)1-2-8(12)10-3-5-13-6-4-10/h9H,1-6H2. The van der Waals surface area contributed by atoms with Crippen LogP contribution >= 0.6 is 0 Å². The molecule has 1 N–H and O–H groups in total. The fraction of sp³-hybridized carbons (Fsp3) is 0.750. The molecule has 1 radical (unpaired) electrons. The van der Waals surface area contributed by atoms with E-state index >= 15 is 0 Å². The van der Waals surface area contributed by atoms with Crippen molar-refractivity contribution in [3.05, 3.63) is 0 Å². The molecule has 1 aliphatic heterocycles. The van der Waals surface area contributed by atoms with E-state index in [1.807, 2.05) is 0 Å². The molecule has 0 unspecified atom stereocenters. The Morgan fingerprint density at radius 2 is 1.85 bits per heavy atom. The SMILES string of the molecule is [NH]C(=O)CCC(=O)N1CCOCC1. The molecule has 0 aliphatic carbocycles. The van der Waals surface area contributed by atoms with Gasteiger partial charge in [0.05, 0.1) is 13.2 Å². The van der Waals surface area contributed by atoms with Gasteiger partial charge in [0.25, 0.3) is 0 Å². The van der Waals surface area contributed by atoms with E-state index in [2.05, 4.69) is 0 Å². The predicted molar refractivity (Wildman–Crippen MR) is 44.7 cm³/mol. The number of morpholine rings is 1. The molecule has 2 amide bonds. The Bertz CT molecular complexity index is 200. The molecule has 1 saturated heterocycles. The highest BCUT2D eigenvalue weighted by molar-refractivity contribution is 5.82. The van der Waals surface area contributed by atoms with Gasteiger partial charge in [-0.3, -0.25) is 15.3 Å². The number of carbonyl (C=O) groups excluding carboxylic acids is 2. The van der Waals surface area contributed by atoms with Gasteiger partial charge < -0.3 is 9.64 Å². The van der Waals surface area contributed by atoms with E-state index in [4.69, 9.17) is 10.5 Å². The van der Waals surface area contributed by atoms with Crippen LogP contribution in [0.25, 0.3) is 0 Å². The molecule has 0 aromatic carbocycles. The molecule has 0 aromatic rings. The number of carbonyl (C=O) groups is 2. The lowest BCUT2D eigenvalue weighted by Gasteiger charge is -2.26. The molecule has 0 saturated carbocycles. The fourth-order valence-electron chi connectivity index (χ4n) is 1.19. The topological polar surface area (TPSA) is 70.4 Å². The first-order valence-electron chi connectivity index (χ1n) is 4.30. The highest BCUT2D eigenvalue weighted by atomic mass is 16.5. The lowest BCUT2D eigenvalue weighted by Crippen LogP contribution is -2.40. The molecule has 1 fully saturated rings. The lowest BCUT2D eigenvalue weighted by molar-refractivity contribution is -0.136. The fourth-order valence-corrected chi connectivity index (χ4v) is 1.19. The summed E-state index contributed by atoms with van der Waals surface area (Å²) in [5.74, 6) is -0.731. The summed E-state index contributed by atoms with van der Waals surface area (Å²) in [6.45, 7) is 2.34. The summed E-state index contributed by atoms with van der Waals surface area (Å²) >= 11 is 0. The number of rotatable bonds is 3. The second kappa shape index (κ2) is 4.81. The Labute approximate surface area is 76.8 Å². The van der Waals surface area contributed by atoms with E-state index in [-0.39, 0.29) is 18.7 Å². The van der Waals surface area contributed by atoms with Gasteiger partial charge in [0, 0.05) is 25.9 Å². The van der Waals surface area contributed by atoms with Gasteiger partial charge in [-0.2, -0.15) is 0 Å². The number of nitrogens with zero attached hydrogens (tertiary/aromatic N) is 1. The van der Waals surface area contributed by atoms with Crippen molar-refractivity contribution < 1.29 is 14.3 Å². The Kier molecular flexibility index (Phi) is 3.70. The second-order valence-electron chi connectivity index (χ2n) is 2.92. The second-order valence-corrected chi connectivity index (χ2v) is 2.92. The molecule has 1 rings (SSSR count). The number of hydrogen-bond acceptors (Lipinski definition) is 3. The van der Waals surface area contributed by atoms with Crippen molar-refractivity contribution in [1.29, 1.82) is 0 Å². The van der Waals surface area contributed by atoms with Crippen molar-refractivity contribution in [2.24, 2.45) is 0 Å². The quantitative estimate of drug-likeness (QED) is 0.591. The third-order valence-corrected chi connectivity index (χ3v) is 1.93. The summed E-state index contributed by atoms with van der Waals surface area (Å²) in [4.78, 5) is 23.3. The maximum absolute atomic E-state index is 11.3. The Balaban J connectivity index is 2.25. The number of hydrogen-bond donors (Lipinski definition) is 0. The molecule has 0 atom stereocenters. The molecule has 1 aliphatic rings. The van der Waals surface area contributed by atoms with Crippen LogP contribution in [0.1, 0.15) is 12.8 Å². The number of ether oxygens (including phenoxy) is 1. The third kappa shape index (κ3) is 3.42. The zero-order valence-corrected chi connectivity index (χ0v) is 7.41. The Morgan fingerprint density at radius 3 is 2.38 bits per heavy atom. The van der Waals surface area contributed by atoms with Crippen molar-refractivity contribution in [3.8, 4) is 0 Å². The van der Waals surface area contributed by atoms with Crippen LogP contribution in [0.15, 0.2) is 0 Å². The van der Waals surface area contributed by atoms with E-state index < -0.39 is 5.91 Å². The molecule has 13 heavy (non-hydrogen) atoms. The van der Waals surface area contributed by atoms with E-state index in [0.29, 0.717) is 26.3 Å². The van der Waals surface area contributed by atoms with Crippen molar-refractivity contribution in [3.63, 3.8) is 0 Å². The van der Waals surface area contributed by atoms with Crippen LogP contribution in [0.5, 0.6) is 0 Å². The normalized spacial score (nSPS) is 17.1. The molecule has 0 bridgehead atoms. The minimum absolute atomic E-state index is 0.0240. The van der Waals surface area contributed by atoms with Crippen molar-refractivity contribution in [1.82, 2.24) is 10.6 Å². The van der Waals surface area contributed by atoms with E-state index in [0.717, 1.165) is 0 Å². The minimum atomic E-state index is -0.679. The zero-order valence-electron chi connectivity index (χ0n) is 7.41. The number of nitrogens with one attached hydrogen (secondary N) is 1. The average Bonchev–Trinajstić information content (AvgIpc) is 2.15. The highest BCUT2D eigenvalue weighted by Crippen LogP contribution is 2.01. The smallest absolute Gasteiger partial charge is 0.238 e. The first kappa shape index (κ1) is 9.98. The molecule has 5 nitrogen and oxygen atoms in total. The summed E-state index contributed by atoms with van der Waals surface area (Å²) in [6.07, 6.45) is 0.179. The first-order chi connectivity index (χ1) is 6.20. The van der Waals surface area contributed by atoms with Crippen LogP contribution in [0.4, 0.5) is 0 Å². The zero-order chi connectivity index (χ0) is 9.68. The van der Waals surface area contributed by atoms with Gasteiger partial charge in [0.1, 0.15) is 0 Å². The predicted octanol–water partition coefficient (Wildman–Crippen LogP) is -0.565. The summed E-state index contributed by atoms with van der Waals surface area (Å²) in [5, 5.41) is 0. The van der Waals surface area contributed by atoms with Crippen LogP contribution in [0.2, 0.25) is 0 Å². The molecule has 0 aromatic heterocycles. The molecular formula is C8H13N2O3. The maximum atomic E-state index is 11.3.